The molecule has 0 aliphatic heterocycles. The standard InChI is InChI=1S/C21H27N3O3S/c1-16(17-11-13-18(14-12-17)21(2,3)4)22-23-20(25)15-24(28(5,26)27)19-9-7-6-8-10-19/h6-14H,15H2,1-5H3,(H,23,25)/b22-16+. The number of hydrazone groups is 1. The topological polar surface area (TPSA) is 78.8 Å². The van der Waals surface area contributed by atoms with Crippen LogP contribution in [0.25, 0.3) is 0 Å². The molecule has 2 aromatic rings. The van der Waals surface area contributed by atoms with E-state index in [2.05, 4.69) is 31.3 Å². The Hall–Kier alpha value is -2.67. The highest BCUT2D eigenvalue weighted by molar-refractivity contribution is 7.92. The van der Waals surface area contributed by atoms with E-state index in [4.69, 9.17) is 0 Å². The summed E-state index contributed by atoms with van der Waals surface area (Å²) in [5, 5.41) is 4.11. The average Bonchev–Trinajstić information content (AvgIpc) is 2.63. The summed E-state index contributed by atoms with van der Waals surface area (Å²) in [6.45, 7) is 7.87. The molecule has 0 heterocycles. The Balaban J connectivity index is 2.09. The number of nitrogens with zero attached hydrogens (tertiary/aromatic N) is 2. The van der Waals surface area contributed by atoms with Gasteiger partial charge >= 0.3 is 0 Å². The molecule has 0 atom stereocenters. The summed E-state index contributed by atoms with van der Waals surface area (Å²) in [5.74, 6) is -0.514. The molecule has 0 aromatic heterocycles. The Kier molecular flexibility index (Phi) is 6.61. The van der Waals surface area contributed by atoms with Crippen LogP contribution in [0.1, 0.15) is 38.8 Å². The van der Waals surface area contributed by atoms with Crippen LogP contribution in [-0.4, -0.2) is 32.8 Å². The first-order valence-electron chi connectivity index (χ1n) is 8.95. The van der Waals surface area contributed by atoms with Gasteiger partial charge in [0.1, 0.15) is 6.54 Å². The van der Waals surface area contributed by atoms with Gasteiger partial charge in [-0.15, -0.1) is 0 Å². The highest BCUT2D eigenvalue weighted by Crippen LogP contribution is 2.22. The highest BCUT2D eigenvalue weighted by Gasteiger charge is 2.20. The van der Waals surface area contributed by atoms with Gasteiger partial charge in [-0.1, -0.05) is 63.2 Å². The fraction of sp³-hybridized carbons (Fsp3) is 0.333. The van der Waals surface area contributed by atoms with Crippen molar-refractivity contribution in [3.8, 4) is 0 Å². The molecule has 0 spiro atoms. The van der Waals surface area contributed by atoms with Gasteiger partial charge < -0.3 is 0 Å². The Morgan fingerprint density at radius 2 is 1.61 bits per heavy atom. The third-order valence-electron chi connectivity index (χ3n) is 4.25. The minimum absolute atomic E-state index is 0.0599. The van der Waals surface area contributed by atoms with Crippen LogP contribution >= 0.6 is 0 Å². The monoisotopic (exact) mass is 401 g/mol. The Morgan fingerprint density at radius 1 is 1.04 bits per heavy atom. The summed E-state index contributed by atoms with van der Waals surface area (Å²) < 4.78 is 25.1. The number of nitrogens with one attached hydrogen (secondary N) is 1. The molecule has 0 bridgehead atoms. The van der Waals surface area contributed by atoms with Crippen molar-refractivity contribution >= 4 is 27.3 Å². The zero-order chi connectivity index (χ0) is 20.9. The first-order chi connectivity index (χ1) is 13.0. The summed E-state index contributed by atoms with van der Waals surface area (Å²) in [4.78, 5) is 12.3. The lowest BCUT2D eigenvalue weighted by molar-refractivity contribution is -0.119. The van der Waals surface area contributed by atoms with Gasteiger partial charge in [0.2, 0.25) is 10.0 Å². The summed E-state index contributed by atoms with van der Waals surface area (Å²) in [6.07, 6.45) is 1.07. The number of rotatable bonds is 6. The SMILES string of the molecule is C/C(=N\NC(=O)CN(c1ccccc1)S(C)(=O)=O)c1ccc(C(C)(C)C)cc1. The number of sulfonamides is 1. The Labute approximate surface area is 167 Å². The van der Waals surface area contributed by atoms with E-state index in [-0.39, 0.29) is 12.0 Å². The predicted octanol–water partition coefficient (Wildman–Crippen LogP) is 3.29. The van der Waals surface area contributed by atoms with E-state index in [1.54, 1.807) is 37.3 Å². The molecule has 6 nitrogen and oxygen atoms in total. The van der Waals surface area contributed by atoms with Crippen LogP contribution in [0.15, 0.2) is 59.7 Å². The number of hydrogen-bond donors (Lipinski definition) is 1. The van der Waals surface area contributed by atoms with Gasteiger partial charge in [-0.3, -0.25) is 9.10 Å². The summed E-state index contributed by atoms with van der Waals surface area (Å²) >= 11 is 0. The zero-order valence-corrected chi connectivity index (χ0v) is 17.7. The molecule has 0 aliphatic rings. The number of benzene rings is 2. The first-order valence-corrected chi connectivity index (χ1v) is 10.8. The molecule has 0 saturated heterocycles. The van der Waals surface area contributed by atoms with Crippen molar-refractivity contribution < 1.29 is 13.2 Å². The number of carbonyl (C=O) groups excluding carboxylic acids is 1. The van der Waals surface area contributed by atoms with Crippen molar-refractivity contribution in [2.75, 3.05) is 17.1 Å². The maximum absolute atomic E-state index is 12.3. The number of hydrogen-bond acceptors (Lipinski definition) is 4. The molecular formula is C21H27N3O3S. The Bertz CT molecular complexity index is 945. The molecule has 28 heavy (non-hydrogen) atoms. The minimum Gasteiger partial charge on any atom is -0.271 e. The second-order valence-electron chi connectivity index (χ2n) is 7.66. The normalized spacial score (nSPS) is 12.5. The van der Waals surface area contributed by atoms with Crippen LogP contribution in [0.2, 0.25) is 0 Å². The fourth-order valence-corrected chi connectivity index (χ4v) is 3.44. The van der Waals surface area contributed by atoms with Gasteiger partial charge in [0.25, 0.3) is 5.91 Å². The lowest BCUT2D eigenvalue weighted by atomic mass is 9.86. The second-order valence-corrected chi connectivity index (χ2v) is 9.57. The van der Waals surface area contributed by atoms with Crippen molar-refractivity contribution in [1.29, 1.82) is 0 Å². The van der Waals surface area contributed by atoms with E-state index >= 15 is 0 Å². The molecule has 150 valence electrons. The van der Waals surface area contributed by atoms with Crippen molar-refractivity contribution in [1.82, 2.24) is 5.43 Å². The predicted molar refractivity (Wildman–Crippen MR) is 114 cm³/mol. The molecule has 1 N–H and O–H groups in total. The molecule has 0 saturated carbocycles. The van der Waals surface area contributed by atoms with E-state index in [1.165, 1.54) is 5.56 Å². The third kappa shape index (κ3) is 5.92. The first kappa shape index (κ1) is 21.6. The number of carbonyl (C=O) groups is 1. The van der Waals surface area contributed by atoms with Crippen LogP contribution < -0.4 is 9.73 Å². The maximum atomic E-state index is 12.3. The molecule has 2 aromatic carbocycles. The molecule has 2 rings (SSSR count). The van der Waals surface area contributed by atoms with Crippen molar-refractivity contribution in [2.24, 2.45) is 5.10 Å². The highest BCUT2D eigenvalue weighted by atomic mass is 32.2. The molecule has 7 heteroatoms. The van der Waals surface area contributed by atoms with Gasteiger partial charge in [0, 0.05) is 0 Å². The largest absolute Gasteiger partial charge is 0.271 e. The van der Waals surface area contributed by atoms with Crippen LogP contribution in [-0.2, 0) is 20.2 Å². The van der Waals surface area contributed by atoms with Gasteiger partial charge in [-0.25, -0.2) is 13.8 Å². The molecular weight excluding hydrogens is 374 g/mol. The summed E-state index contributed by atoms with van der Waals surface area (Å²) in [6, 6.07) is 16.5. The maximum Gasteiger partial charge on any atom is 0.260 e. The summed E-state index contributed by atoms with van der Waals surface area (Å²) in [5.41, 5.74) is 5.66. The van der Waals surface area contributed by atoms with Crippen molar-refractivity contribution in [3.63, 3.8) is 0 Å². The number of amides is 1. The number of anilines is 1. The van der Waals surface area contributed by atoms with Gasteiger partial charge in [-0.2, -0.15) is 5.10 Å². The number of para-hydroxylation sites is 1. The Morgan fingerprint density at radius 3 is 2.11 bits per heavy atom. The van der Waals surface area contributed by atoms with Crippen LogP contribution in [0.5, 0.6) is 0 Å². The van der Waals surface area contributed by atoms with E-state index in [1.807, 2.05) is 24.3 Å². The van der Waals surface area contributed by atoms with Gasteiger partial charge in [0.15, 0.2) is 0 Å². The third-order valence-corrected chi connectivity index (χ3v) is 5.39. The molecule has 0 fully saturated rings. The van der Waals surface area contributed by atoms with E-state index < -0.39 is 15.9 Å². The molecule has 0 aliphatic carbocycles. The van der Waals surface area contributed by atoms with Crippen LogP contribution in [0.4, 0.5) is 5.69 Å². The zero-order valence-electron chi connectivity index (χ0n) is 16.9. The lowest BCUT2D eigenvalue weighted by Gasteiger charge is -2.21. The second kappa shape index (κ2) is 8.56. The van der Waals surface area contributed by atoms with Crippen molar-refractivity contribution in [2.45, 2.75) is 33.1 Å². The van der Waals surface area contributed by atoms with E-state index in [0.717, 1.165) is 16.1 Å². The molecule has 0 radical (unpaired) electrons. The fourth-order valence-electron chi connectivity index (χ4n) is 2.58. The smallest absolute Gasteiger partial charge is 0.260 e. The molecule has 0 unspecified atom stereocenters. The van der Waals surface area contributed by atoms with Gasteiger partial charge in [0.05, 0.1) is 17.7 Å². The van der Waals surface area contributed by atoms with Crippen LogP contribution in [0.3, 0.4) is 0 Å². The van der Waals surface area contributed by atoms with E-state index in [9.17, 15) is 13.2 Å². The summed E-state index contributed by atoms with van der Waals surface area (Å²) in [7, 11) is -3.60. The molecule has 1 amide bonds. The minimum atomic E-state index is -3.60. The van der Waals surface area contributed by atoms with E-state index in [0.29, 0.717) is 11.4 Å². The van der Waals surface area contributed by atoms with Crippen molar-refractivity contribution in [3.05, 3.63) is 65.7 Å². The average molecular weight is 402 g/mol. The lowest BCUT2D eigenvalue weighted by Crippen LogP contribution is -2.39. The quantitative estimate of drug-likeness (QED) is 0.596. The van der Waals surface area contributed by atoms with Gasteiger partial charge in [-0.05, 0) is 35.6 Å². The van der Waals surface area contributed by atoms with Crippen LogP contribution in [0, 0.1) is 0 Å².